The van der Waals surface area contributed by atoms with Crippen LogP contribution in [-0.4, -0.2) is 31.2 Å². The average Bonchev–Trinajstić information content (AvgIpc) is 2.72. The molecule has 18 heavy (non-hydrogen) atoms. The van der Waals surface area contributed by atoms with Crippen LogP contribution in [0.15, 0.2) is 18.2 Å². The van der Waals surface area contributed by atoms with Crippen molar-refractivity contribution in [2.45, 2.75) is 25.6 Å². The van der Waals surface area contributed by atoms with Gasteiger partial charge in [-0.25, -0.2) is 0 Å². The Balaban J connectivity index is 1.89. The third-order valence-electron chi connectivity index (χ3n) is 3.11. The van der Waals surface area contributed by atoms with Gasteiger partial charge in [0, 0.05) is 25.3 Å². The number of anilines is 1. The highest BCUT2D eigenvalue weighted by Gasteiger charge is 2.27. The summed E-state index contributed by atoms with van der Waals surface area (Å²) in [6, 6.07) is 6.07. The Morgan fingerprint density at radius 3 is 2.83 bits per heavy atom. The van der Waals surface area contributed by atoms with Gasteiger partial charge in [-0.05, 0) is 30.7 Å². The van der Waals surface area contributed by atoms with Gasteiger partial charge < -0.3 is 10.2 Å². The van der Waals surface area contributed by atoms with Gasteiger partial charge in [-0.15, -0.1) is 0 Å². The summed E-state index contributed by atoms with van der Waals surface area (Å²) in [5, 5.41) is 3.26. The van der Waals surface area contributed by atoms with E-state index < -0.39 is 12.6 Å². The van der Waals surface area contributed by atoms with E-state index in [1.165, 1.54) is 5.56 Å². The third kappa shape index (κ3) is 3.63. The molecule has 0 fully saturated rings. The van der Waals surface area contributed by atoms with Crippen molar-refractivity contribution < 1.29 is 13.2 Å². The van der Waals surface area contributed by atoms with Crippen molar-refractivity contribution in [3.8, 4) is 0 Å². The van der Waals surface area contributed by atoms with Crippen molar-refractivity contribution in [2.75, 3.05) is 25.5 Å². The summed E-state index contributed by atoms with van der Waals surface area (Å²) < 4.78 is 36.3. The smallest absolute Gasteiger partial charge is 0.384 e. The van der Waals surface area contributed by atoms with Gasteiger partial charge in [0.25, 0.3) is 0 Å². The molecule has 2 rings (SSSR count). The second kappa shape index (κ2) is 5.18. The Morgan fingerprint density at radius 2 is 2.11 bits per heavy atom. The Labute approximate surface area is 105 Å². The maximum absolute atomic E-state index is 12.1. The summed E-state index contributed by atoms with van der Waals surface area (Å²) >= 11 is 0. The van der Waals surface area contributed by atoms with Crippen LogP contribution in [0.3, 0.4) is 0 Å². The molecule has 0 amide bonds. The summed E-state index contributed by atoms with van der Waals surface area (Å²) in [7, 11) is 1.72. The number of alkyl halides is 3. The Hall–Kier alpha value is -1.23. The van der Waals surface area contributed by atoms with E-state index in [0.717, 1.165) is 24.2 Å². The molecule has 0 saturated carbocycles. The Kier molecular flexibility index (Phi) is 3.80. The zero-order chi connectivity index (χ0) is 13.2. The van der Waals surface area contributed by atoms with Gasteiger partial charge >= 0.3 is 6.18 Å². The summed E-state index contributed by atoms with van der Waals surface area (Å²) in [4.78, 5) is 1.71. The monoisotopic (exact) mass is 258 g/mol. The quantitative estimate of drug-likeness (QED) is 0.893. The summed E-state index contributed by atoms with van der Waals surface area (Å²) in [6.45, 7) is 1.55. The second-order valence-electron chi connectivity index (χ2n) is 4.77. The fraction of sp³-hybridized carbons (Fsp3) is 0.538. The van der Waals surface area contributed by atoms with Crippen LogP contribution in [0.4, 0.5) is 18.9 Å². The van der Waals surface area contributed by atoms with Crippen LogP contribution < -0.4 is 5.32 Å². The van der Waals surface area contributed by atoms with E-state index in [9.17, 15) is 13.2 Å². The Bertz CT molecular complexity index is 415. The van der Waals surface area contributed by atoms with Crippen LogP contribution in [0.5, 0.6) is 0 Å². The fourth-order valence-corrected chi connectivity index (χ4v) is 2.16. The van der Waals surface area contributed by atoms with Crippen molar-refractivity contribution >= 4 is 5.69 Å². The highest BCUT2D eigenvalue weighted by atomic mass is 19.4. The lowest BCUT2D eigenvalue weighted by Gasteiger charge is -2.18. The molecule has 1 heterocycles. The highest BCUT2D eigenvalue weighted by molar-refractivity contribution is 5.56. The number of benzene rings is 1. The molecule has 1 aromatic carbocycles. The highest BCUT2D eigenvalue weighted by Crippen LogP contribution is 2.24. The van der Waals surface area contributed by atoms with E-state index >= 15 is 0 Å². The van der Waals surface area contributed by atoms with Crippen molar-refractivity contribution in [1.82, 2.24) is 4.90 Å². The molecular formula is C13H17F3N2. The number of hydrogen-bond donors (Lipinski definition) is 1. The number of rotatable bonds is 4. The minimum atomic E-state index is -4.07. The molecular weight excluding hydrogens is 241 g/mol. The molecule has 0 spiro atoms. The van der Waals surface area contributed by atoms with E-state index in [2.05, 4.69) is 11.4 Å². The van der Waals surface area contributed by atoms with E-state index in [1.54, 1.807) is 11.9 Å². The van der Waals surface area contributed by atoms with Crippen LogP contribution >= 0.6 is 0 Å². The third-order valence-corrected chi connectivity index (χ3v) is 3.11. The van der Waals surface area contributed by atoms with Gasteiger partial charge in [0.15, 0.2) is 0 Å². The molecule has 1 aliphatic rings. The number of fused-ring (bicyclic) bond motifs is 1. The minimum absolute atomic E-state index is 0.0405. The van der Waals surface area contributed by atoms with Gasteiger partial charge in [0.05, 0.1) is 6.42 Å². The molecule has 0 aromatic heterocycles. The Morgan fingerprint density at radius 1 is 1.33 bits per heavy atom. The topological polar surface area (TPSA) is 15.3 Å². The molecule has 1 N–H and O–H groups in total. The molecule has 0 saturated heterocycles. The van der Waals surface area contributed by atoms with Crippen molar-refractivity contribution in [2.24, 2.45) is 0 Å². The molecule has 0 unspecified atom stereocenters. The van der Waals surface area contributed by atoms with Crippen molar-refractivity contribution in [1.29, 1.82) is 0 Å². The van der Waals surface area contributed by atoms with Crippen molar-refractivity contribution in [3.05, 3.63) is 29.3 Å². The molecule has 1 aliphatic heterocycles. The zero-order valence-electron chi connectivity index (χ0n) is 10.3. The lowest BCUT2D eigenvalue weighted by molar-refractivity contribution is -0.137. The summed E-state index contributed by atoms with van der Waals surface area (Å²) in [5.74, 6) is 0. The lowest BCUT2D eigenvalue weighted by Crippen LogP contribution is -2.24. The van der Waals surface area contributed by atoms with E-state index in [0.29, 0.717) is 6.54 Å². The van der Waals surface area contributed by atoms with Crippen LogP contribution in [0.25, 0.3) is 0 Å². The zero-order valence-corrected chi connectivity index (χ0v) is 10.3. The van der Waals surface area contributed by atoms with E-state index in [1.807, 2.05) is 12.1 Å². The maximum Gasteiger partial charge on any atom is 0.390 e. The van der Waals surface area contributed by atoms with Gasteiger partial charge in [-0.2, -0.15) is 13.2 Å². The van der Waals surface area contributed by atoms with Gasteiger partial charge in [0.2, 0.25) is 0 Å². The second-order valence-corrected chi connectivity index (χ2v) is 4.77. The van der Waals surface area contributed by atoms with Gasteiger partial charge in [0.1, 0.15) is 0 Å². The molecule has 100 valence electrons. The largest absolute Gasteiger partial charge is 0.390 e. The first-order valence-electron chi connectivity index (χ1n) is 6.05. The first-order chi connectivity index (χ1) is 8.44. The molecule has 5 heteroatoms. The minimum Gasteiger partial charge on any atom is -0.384 e. The maximum atomic E-state index is 12.1. The van der Waals surface area contributed by atoms with E-state index in [4.69, 9.17) is 0 Å². The van der Waals surface area contributed by atoms with Crippen LogP contribution in [0.1, 0.15) is 17.5 Å². The summed E-state index contributed by atoms with van der Waals surface area (Å²) in [6.07, 6.45) is -3.83. The van der Waals surface area contributed by atoms with E-state index in [-0.39, 0.29) is 6.54 Å². The number of halogens is 3. The van der Waals surface area contributed by atoms with Crippen LogP contribution in [0.2, 0.25) is 0 Å². The van der Waals surface area contributed by atoms with Crippen LogP contribution in [0, 0.1) is 0 Å². The first kappa shape index (κ1) is 13.2. The van der Waals surface area contributed by atoms with Crippen LogP contribution in [-0.2, 0) is 13.0 Å². The van der Waals surface area contributed by atoms with Gasteiger partial charge in [-0.1, -0.05) is 12.1 Å². The first-order valence-corrected chi connectivity index (χ1v) is 6.05. The number of hydrogen-bond acceptors (Lipinski definition) is 2. The molecule has 0 bridgehead atoms. The standard InChI is InChI=1S/C13H17F3N2/c1-18(7-5-13(14,15)16)9-10-2-3-12-11(8-10)4-6-17-12/h2-3,8,17H,4-7,9H2,1H3. The molecule has 2 nitrogen and oxygen atoms in total. The fourth-order valence-electron chi connectivity index (χ4n) is 2.16. The predicted octanol–water partition coefficient (Wildman–Crippen LogP) is 3.04. The predicted molar refractivity (Wildman–Crippen MR) is 65.6 cm³/mol. The average molecular weight is 258 g/mol. The lowest BCUT2D eigenvalue weighted by atomic mass is 10.1. The molecule has 0 atom stereocenters. The summed E-state index contributed by atoms with van der Waals surface area (Å²) in [5.41, 5.74) is 3.48. The van der Waals surface area contributed by atoms with Gasteiger partial charge in [-0.3, -0.25) is 0 Å². The molecule has 0 aliphatic carbocycles. The normalized spacial score (nSPS) is 14.7. The SMILES string of the molecule is CN(CCC(F)(F)F)Cc1ccc2c(c1)CCN2. The molecule has 0 radical (unpaired) electrons. The molecule has 1 aromatic rings. The number of nitrogens with one attached hydrogen (secondary N) is 1. The number of nitrogens with zero attached hydrogens (tertiary/aromatic N) is 1. The van der Waals surface area contributed by atoms with Crippen molar-refractivity contribution in [3.63, 3.8) is 0 Å².